The highest BCUT2D eigenvalue weighted by molar-refractivity contribution is 9.09. The average molecular weight is 347 g/mol. The van der Waals surface area contributed by atoms with Crippen LogP contribution in [0.25, 0.3) is 0 Å². The summed E-state index contributed by atoms with van der Waals surface area (Å²) in [5.41, 5.74) is -0.626. The Morgan fingerprint density at radius 1 is 1.30 bits per heavy atom. The highest BCUT2D eigenvalue weighted by Gasteiger charge is 2.20. The molecule has 0 spiro atoms. The average Bonchev–Trinajstić information content (AvgIpc) is 2.42. The van der Waals surface area contributed by atoms with E-state index in [2.05, 4.69) is 21.2 Å². The number of carbonyl (C=O) groups is 1. The van der Waals surface area contributed by atoms with Crippen LogP contribution in [0.4, 0.5) is 10.1 Å². The number of alkyl halides is 1. The van der Waals surface area contributed by atoms with Crippen LogP contribution in [0.3, 0.4) is 0 Å². The van der Waals surface area contributed by atoms with Gasteiger partial charge in [0.25, 0.3) is 11.6 Å². The van der Waals surface area contributed by atoms with Crippen molar-refractivity contribution in [2.75, 3.05) is 11.9 Å². The van der Waals surface area contributed by atoms with Gasteiger partial charge < -0.3 is 5.32 Å². The number of unbranched alkanes of at least 4 members (excludes halogenated alkanes) is 3. The molecular formula is C13H16BrFN2O3. The third kappa shape index (κ3) is 5.24. The maximum atomic E-state index is 13.0. The molecule has 7 heteroatoms. The molecular weight excluding hydrogens is 331 g/mol. The molecule has 0 aliphatic heterocycles. The normalized spacial score (nSPS) is 10.3. The summed E-state index contributed by atoms with van der Waals surface area (Å²) < 4.78 is 13.0. The second kappa shape index (κ2) is 8.63. The van der Waals surface area contributed by atoms with Crippen molar-refractivity contribution in [2.24, 2.45) is 0 Å². The van der Waals surface area contributed by atoms with Gasteiger partial charge in [-0.05, 0) is 25.0 Å². The molecule has 0 fully saturated rings. The molecule has 0 radical (unpaired) electrons. The number of benzene rings is 1. The van der Waals surface area contributed by atoms with E-state index in [4.69, 9.17) is 0 Å². The number of nitro benzene ring substituents is 1. The zero-order chi connectivity index (χ0) is 15.0. The van der Waals surface area contributed by atoms with Crippen LogP contribution in [0.2, 0.25) is 0 Å². The molecule has 1 aromatic carbocycles. The van der Waals surface area contributed by atoms with E-state index in [9.17, 15) is 19.3 Å². The van der Waals surface area contributed by atoms with E-state index >= 15 is 0 Å². The van der Waals surface area contributed by atoms with E-state index in [-0.39, 0.29) is 5.56 Å². The van der Waals surface area contributed by atoms with E-state index in [1.807, 2.05) is 0 Å². The van der Waals surface area contributed by atoms with Gasteiger partial charge >= 0.3 is 0 Å². The van der Waals surface area contributed by atoms with E-state index in [1.165, 1.54) is 0 Å². The highest BCUT2D eigenvalue weighted by Crippen LogP contribution is 2.19. The van der Waals surface area contributed by atoms with Crippen LogP contribution in [0.5, 0.6) is 0 Å². The lowest BCUT2D eigenvalue weighted by atomic mass is 10.1. The number of amides is 1. The quantitative estimate of drug-likeness (QED) is 0.339. The second-order valence-electron chi connectivity index (χ2n) is 4.28. The zero-order valence-corrected chi connectivity index (χ0v) is 12.5. The van der Waals surface area contributed by atoms with Gasteiger partial charge in [0, 0.05) is 11.9 Å². The van der Waals surface area contributed by atoms with E-state index < -0.39 is 22.3 Å². The Labute approximate surface area is 124 Å². The standard InChI is InChI=1S/C13H16BrFN2O3/c14-7-3-1-2-4-8-16-13(18)11-6-5-10(15)9-12(11)17(19)20/h5-6,9H,1-4,7-8H2,(H,16,18). The summed E-state index contributed by atoms with van der Waals surface area (Å²) >= 11 is 3.34. The van der Waals surface area contributed by atoms with Crippen LogP contribution in [-0.4, -0.2) is 22.7 Å². The summed E-state index contributed by atoms with van der Waals surface area (Å²) in [5, 5.41) is 14.4. The van der Waals surface area contributed by atoms with Gasteiger partial charge in [-0.25, -0.2) is 4.39 Å². The van der Waals surface area contributed by atoms with Crippen LogP contribution in [0, 0.1) is 15.9 Å². The molecule has 20 heavy (non-hydrogen) atoms. The third-order valence-electron chi connectivity index (χ3n) is 2.75. The Morgan fingerprint density at radius 2 is 2.00 bits per heavy atom. The molecule has 0 bridgehead atoms. The Bertz CT molecular complexity index is 483. The fraction of sp³-hybridized carbons (Fsp3) is 0.462. The summed E-state index contributed by atoms with van der Waals surface area (Å²) in [5.74, 6) is -1.28. The molecule has 0 unspecified atom stereocenters. The Morgan fingerprint density at radius 3 is 2.65 bits per heavy atom. The van der Waals surface area contributed by atoms with Crippen molar-refractivity contribution in [2.45, 2.75) is 25.7 Å². The Balaban J connectivity index is 2.53. The molecule has 0 aliphatic carbocycles. The van der Waals surface area contributed by atoms with Crippen molar-refractivity contribution in [3.05, 3.63) is 39.7 Å². The third-order valence-corrected chi connectivity index (χ3v) is 3.31. The number of nitro groups is 1. The first kappa shape index (κ1) is 16.6. The first-order valence-corrected chi connectivity index (χ1v) is 7.46. The molecule has 0 saturated carbocycles. The molecule has 0 heterocycles. The van der Waals surface area contributed by atoms with Gasteiger partial charge in [0.2, 0.25) is 0 Å². The van der Waals surface area contributed by atoms with Gasteiger partial charge in [-0.3, -0.25) is 14.9 Å². The minimum absolute atomic E-state index is 0.114. The number of halogens is 2. The molecule has 110 valence electrons. The molecule has 1 N–H and O–H groups in total. The number of rotatable bonds is 8. The van der Waals surface area contributed by atoms with Gasteiger partial charge in [-0.1, -0.05) is 28.8 Å². The smallest absolute Gasteiger partial charge is 0.285 e. The largest absolute Gasteiger partial charge is 0.352 e. The van der Waals surface area contributed by atoms with Crippen LogP contribution in [0.15, 0.2) is 18.2 Å². The van der Waals surface area contributed by atoms with Gasteiger partial charge in [0.15, 0.2) is 0 Å². The predicted octanol–water partition coefficient (Wildman–Crippen LogP) is 3.42. The lowest BCUT2D eigenvalue weighted by Gasteiger charge is -2.05. The van der Waals surface area contributed by atoms with Crippen LogP contribution >= 0.6 is 15.9 Å². The van der Waals surface area contributed by atoms with Crippen molar-refractivity contribution in [1.82, 2.24) is 5.32 Å². The molecule has 1 rings (SSSR count). The van der Waals surface area contributed by atoms with Crippen molar-refractivity contribution in [3.63, 3.8) is 0 Å². The van der Waals surface area contributed by atoms with Crippen molar-refractivity contribution in [1.29, 1.82) is 0 Å². The van der Waals surface area contributed by atoms with Crippen LogP contribution < -0.4 is 5.32 Å². The molecule has 0 aliphatic rings. The number of nitrogens with zero attached hydrogens (tertiary/aromatic N) is 1. The van der Waals surface area contributed by atoms with Crippen molar-refractivity contribution >= 4 is 27.5 Å². The van der Waals surface area contributed by atoms with E-state index in [1.54, 1.807) is 0 Å². The van der Waals surface area contributed by atoms with Gasteiger partial charge in [-0.15, -0.1) is 0 Å². The van der Waals surface area contributed by atoms with Gasteiger partial charge in [-0.2, -0.15) is 0 Å². The summed E-state index contributed by atoms with van der Waals surface area (Å²) in [7, 11) is 0. The van der Waals surface area contributed by atoms with E-state index in [0.717, 1.165) is 49.2 Å². The number of carbonyl (C=O) groups excluding carboxylic acids is 1. The molecule has 0 saturated heterocycles. The molecule has 0 aromatic heterocycles. The fourth-order valence-electron chi connectivity index (χ4n) is 1.72. The highest BCUT2D eigenvalue weighted by atomic mass is 79.9. The molecule has 5 nitrogen and oxygen atoms in total. The van der Waals surface area contributed by atoms with Crippen molar-refractivity contribution < 1.29 is 14.1 Å². The maximum Gasteiger partial charge on any atom is 0.285 e. The van der Waals surface area contributed by atoms with Crippen molar-refractivity contribution in [3.8, 4) is 0 Å². The minimum Gasteiger partial charge on any atom is -0.352 e. The predicted molar refractivity (Wildman–Crippen MR) is 77.6 cm³/mol. The molecule has 0 atom stereocenters. The number of hydrogen-bond donors (Lipinski definition) is 1. The summed E-state index contributed by atoms with van der Waals surface area (Å²) in [6.07, 6.45) is 3.94. The minimum atomic E-state index is -0.756. The fourth-order valence-corrected chi connectivity index (χ4v) is 2.11. The van der Waals surface area contributed by atoms with Gasteiger partial charge in [0.05, 0.1) is 11.0 Å². The SMILES string of the molecule is O=C(NCCCCCCBr)c1ccc(F)cc1[N+](=O)[O-]. The first-order valence-electron chi connectivity index (χ1n) is 6.34. The lowest BCUT2D eigenvalue weighted by molar-refractivity contribution is -0.385. The van der Waals surface area contributed by atoms with Gasteiger partial charge in [0.1, 0.15) is 11.4 Å². The van der Waals surface area contributed by atoms with Crippen LogP contribution in [0.1, 0.15) is 36.0 Å². The first-order chi connectivity index (χ1) is 9.56. The summed E-state index contributed by atoms with van der Waals surface area (Å²) in [4.78, 5) is 21.8. The second-order valence-corrected chi connectivity index (χ2v) is 5.07. The maximum absolute atomic E-state index is 13.0. The Hall–Kier alpha value is -1.50. The Kier molecular flexibility index (Phi) is 7.14. The number of nitrogens with one attached hydrogen (secondary N) is 1. The summed E-state index contributed by atoms with van der Waals surface area (Å²) in [6.45, 7) is 0.454. The summed E-state index contributed by atoms with van der Waals surface area (Å²) in [6, 6.07) is 2.93. The topological polar surface area (TPSA) is 72.2 Å². The molecule has 1 amide bonds. The lowest BCUT2D eigenvalue weighted by Crippen LogP contribution is -2.25. The monoisotopic (exact) mass is 346 g/mol. The zero-order valence-electron chi connectivity index (χ0n) is 10.9. The van der Waals surface area contributed by atoms with Crippen LogP contribution in [-0.2, 0) is 0 Å². The number of hydrogen-bond acceptors (Lipinski definition) is 3. The molecule has 1 aromatic rings. The van der Waals surface area contributed by atoms with E-state index in [0.29, 0.717) is 6.54 Å².